The van der Waals surface area contributed by atoms with Gasteiger partial charge in [0.05, 0.1) is 26.4 Å². The van der Waals surface area contributed by atoms with Crippen molar-refractivity contribution in [2.75, 3.05) is 27.4 Å². The van der Waals surface area contributed by atoms with E-state index < -0.39 is 17.8 Å². The molecule has 0 radical (unpaired) electrons. The first-order valence-electron chi connectivity index (χ1n) is 9.85. The molecule has 0 saturated carbocycles. The molecule has 3 aliphatic heterocycles. The van der Waals surface area contributed by atoms with E-state index in [1.807, 2.05) is 0 Å². The number of ketones is 1. The lowest BCUT2D eigenvalue weighted by atomic mass is 9.79. The summed E-state index contributed by atoms with van der Waals surface area (Å²) in [6, 6.07) is 6.61. The van der Waals surface area contributed by atoms with Crippen molar-refractivity contribution in [2.45, 2.75) is 24.2 Å². The van der Waals surface area contributed by atoms with Crippen LogP contribution in [0.5, 0.6) is 28.7 Å². The summed E-state index contributed by atoms with van der Waals surface area (Å²) in [6.07, 6.45) is -0.0355. The van der Waals surface area contributed by atoms with Gasteiger partial charge in [0.2, 0.25) is 0 Å². The standard InChI is InChI=1S/C23H22O8/c1-11(9-24)16-7-14-15(30-16)5-4-12-21(25)20-13-6-18(27-2)19(28-3)8-17(13)29-10-23(20,26)31-22(12)14/h4-6,8,16,20,24,26H,1,7,9-10H2,2-3H3/t16-,20+,23+/m0/s1. The van der Waals surface area contributed by atoms with Crippen LogP contribution in [-0.2, 0) is 6.42 Å². The Morgan fingerprint density at radius 3 is 2.68 bits per heavy atom. The maximum absolute atomic E-state index is 13.6. The molecule has 31 heavy (non-hydrogen) atoms. The number of carbonyl (C=O) groups is 1. The Balaban J connectivity index is 1.60. The maximum Gasteiger partial charge on any atom is 0.256 e. The lowest BCUT2D eigenvalue weighted by Crippen LogP contribution is -2.55. The van der Waals surface area contributed by atoms with E-state index in [9.17, 15) is 15.0 Å². The number of ether oxygens (including phenoxy) is 5. The van der Waals surface area contributed by atoms with E-state index >= 15 is 0 Å². The van der Waals surface area contributed by atoms with E-state index in [0.29, 0.717) is 51.7 Å². The fourth-order valence-electron chi connectivity index (χ4n) is 4.43. The normalized spacial score (nSPS) is 25.1. The molecule has 3 heterocycles. The maximum atomic E-state index is 13.6. The molecule has 8 nitrogen and oxygen atoms in total. The fourth-order valence-corrected chi connectivity index (χ4v) is 4.43. The predicted octanol–water partition coefficient (Wildman–Crippen LogP) is 2.00. The molecule has 3 aliphatic rings. The van der Waals surface area contributed by atoms with Gasteiger partial charge in [-0.05, 0) is 23.8 Å². The number of carbonyl (C=O) groups excluding carboxylic acids is 1. The fraction of sp³-hybridized carbons (Fsp3) is 0.348. The van der Waals surface area contributed by atoms with Crippen molar-refractivity contribution in [3.63, 3.8) is 0 Å². The number of hydrogen-bond acceptors (Lipinski definition) is 8. The molecule has 162 valence electrons. The third-order valence-electron chi connectivity index (χ3n) is 6.05. The number of benzene rings is 2. The molecule has 0 unspecified atom stereocenters. The summed E-state index contributed by atoms with van der Waals surface area (Å²) >= 11 is 0. The minimum atomic E-state index is -1.89. The highest BCUT2D eigenvalue weighted by Crippen LogP contribution is 2.52. The summed E-state index contributed by atoms with van der Waals surface area (Å²) in [6.45, 7) is 3.39. The Labute approximate surface area is 178 Å². The van der Waals surface area contributed by atoms with Crippen molar-refractivity contribution in [3.8, 4) is 28.7 Å². The molecule has 8 heteroatoms. The molecule has 2 aromatic rings. The van der Waals surface area contributed by atoms with Gasteiger partial charge in [-0.1, -0.05) is 6.58 Å². The summed E-state index contributed by atoms with van der Waals surface area (Å²) in [5.74, 6) is -1.05. The highest BCUT2D eigenvalue weighted by molar-refractivity contribution is 6.06. The molecule has 0 fully saturated rings. The van der Waals surface area contributed by atoms with Crippen molar-refractivity contribution < 1.29 is 38.7 Å². The highest BCUT2D eigenvalue weighted by atomic mass is 16.7. The van der Waals surface area contributed by atoms with Crippen LogP contribution in [-0.4, -0.2) is 55.3 Å². The van der Waals surface area contributed by atoms with Gasteiger partial charge in [0.1, 0.15) is 29.3 Å². The lowest BCUT2D eigenvalue weighted by molar-refractivity contribution is -0.180. The number of fused-ring (bicyclic) bond motifs is 6. The SMILES string of the molecule is C=C(CO)[C@@H]1Cc2c(ccc3c2O[C@]2(O)COc4cc(OC)c(OC)cc4[C@@H]2C3=O)O1. The molecule has 3 atom stereocenters. The van der Waals surface area contributed by atoms with Gasteiger partial charge in [-0.3, -0.25) is 4.79 Å². The summed E-state index contributed by atoms with van der Waals surface area (Å²) in [5.41, 5.74) is 2.01. The second-order valence-electron chi connectivity index (χ2n) is 7.82. The van der Waals surface area contributed by atoms with Crippen molar-refractivity contribution in [1.82, 2.24) is 0 Å². The Morgan fingerprint density at radius 2 is 1.97 bits per heavy atom. The molecular weight excluding hydrogens is 404 g/mol. The minimum absolute atomic E-state index is 0.206. The molecule has 0 saturated heterocycles. The smallest absolute Gasteiger partial charge is 0.256 e. The summed E-state index contributed by atoms with van der Waals surface area (Å²) in [4.78, 5) is 13.6. The van der Waals surface area contributed by atoms with Gasteiger partial charge in [0.15, 0.2) is 23.9 Å². The largest absolute Gasteiger partial charge is 0.493 e. The quantitative estimate of drug-likeness (QED) is 0.716. The molecule has 2 N–H and O–H groups in total. The lowest BCUT2D eigenvalue weighted by Gasteiger charge is -2.43. The zero-order valence-electron chi connectivity index (χ0n) is 17.1. The van der Waals surface area contributed by atoms with Crippen LogP contribution in [0.1, 0.15) is 27.4 Å². The molecule has 0 aromatic heterocycles. The minimum Gasteiger partial charge on any atom is -0.493 e. The van der Waals surface area contributed by atoms with Gasteiger partial charge in [0.25, 0.3) is 5.79 Å². The van der Waals surface area contributed by atoms with Crippen LogP contribution < -0.4 is 23.7 Å². The van der Waals surface area contributed by atoms with E-state index in [4.69, 9.17) is 23.7 Å². The zero-order valence-corrected chi connectivity index (χ0v) is 17.1. The number of hydrogen-bond donors (Lipinski definition) is 2. The van der Waals surface area contributed by atoms with Crippen LogP contribution in [0.15, 0.2) is 36.4 Å². The molecule has 0 aliphatic carbocycles. The van der Waals surface area contributed by atoms with E-state index in [1.165, 1.54) is 14.2 Å². The van der Waals surface area contributed by atoms with Gasteiger partial charge >= 0.3 is 0 Å². The Kier molecular flexibility index (Phi) is 4.39. The van der Waals surface area contributed by atoms with Gasteiger partial charge < -0.3 is 33.9 Å². The first kappa shape index (κ1) is 19.7. The first-order valence-corrected chi connectivity index (χ1v) is 9.85. The average molecular weight is 426 g/mol. The van der Waals surface area contributed by atoms with E-state index in [-0.39, 0.29) is 24.7 Å². The first-order chi connectivity index (χ1) is 14.9. The monoisotopic (exact) mass is 426 g/mol. The van der Waals surface area contributed by atoms with Gasteiger partial charge in [0, 0.05) is 23.6 Å². The van der Waals surface area contributed by atoms with Crippen molar-refractivity contribution in [2.24, 2.45) is 0 Å². The summed E-state index contributed by atoms with van der Waals surface area (Å²) in [5, 5.41) is 20.7. The van der Waals surface area contributed by atoms with Crippen molar-refractivity contribution in [1.29, 1.82) is 0 Å². The van der Waals surface area contributed by atoms with E-state index in [0.717, 1.165) is 0 Å². The Hall–Kier alpha value is -3.23. The molecule has 5 rings (SSSR count). The summed E-state index contributed by atoms with van der Waals surface area (Å²) in [7, 11) is 3.00. The third kappa shape index (κ3) is 2.79. The number of aliphatic hydroxyl groups excluding tert-OH is 1. The molecule has 0 bridgehead atoms. The van der Waals surface area contributed by atoms with Crippen LogP contribution >= 0.6 is 0 Å². The highest BCUT2D eigenvalue weighted by Gasteiger charge is 2.55. The van der Waals surface area contributed by atoms with Crippen molar-refractivity contribution >= 4 is 5.78 Å². The zero-order chi connectivity index (χ0) is 21.9. The number of Topliss-reactive ketones (excluding diaryl/α,β-unsaturated/α-hetero) is 1. The summed E-state index contributed by atoms with van der Waals surface area (Å²) < 4.78 is 28.3. The number of methoxy groups -OCH3 is 2. The van der Waals surface area contributed by atoms with Crippen LogP contribution in [0.2, 0.25) is 0 Å². The van der Waals surface area contributed by atoms with Crippen LogP contribution in [0.4, 0.5) is 0 Å². The molecule has 0 spiro atoms. The van der Waals surface area contributed by atoms with Gasteiger partial charge in [-0.2, -0.15) is 0 Å². The van der Waals surface area contributed by atoms with Crippen molar-refractivity contribution in [3.05, 3.63) is 53.1 Å². The molecule has 0 amide bonds. The van der Waals surface area contributed by atoms with E-state index in [1.54, 1.807) is 24.3 Å². The number of aliphatic hydroxyl groups is 2. The van der Waals surface area contributed by atoms with Gasteiger partial charge in [-0.15, -0.1) is 0 Å². The Morgan fingerprint density at radius 1 is 1.23 bits per heavy atom. The van der Waals surface area contributed by atoms with Gasteiger partial charge in [-0.25, -0.2) is 0 Å². The second kappa shape index (κ2) is 6.90. The average Bonchev–Trinajstić information content (AvgIpc) is 3.22. The van der Waals surface area contributed by atoms with Crippen LogP contribution in [0.25, 0.3) is 0 Å². The van der Waals surface area contributed by atoms with E-state index in [2.05, 4.69) is 6.58 Å². The second-order valence-corrected chi connectivity index (χ2v) is 7.82. The molecular formula is C23H22O8. The predicted molar refractivity (Wildman–Crippen MR) is 108 cm³/mol. The Bertz CT molecular complexity index is 1110. The number of rotatable bonds is 4. The van der Waals surface area contributed by atoms with Crippen LogP contribution in [0, 0.1) is 0 Å². The van der Waals surface area contributed by atoms with Crippen LogP contribution in [0.3, 0.4) is 0 Å². The third-order valence-corrected chi connectivity index (χ3v) is 6.05. The topological polar surface area (TPSA) is 104 Å². The molecule has 2 aromatic carbocycles.